The van der Waals surface area contributed by atoms with E-state index in [9.17, 15) is 4.79 Å². The number of benzene rings is 1. The molecule has 0 N–H and O–H groups in total. The molecular weight excluding hydrogens is 268 g/mol. The minimum absolute atomic E-state index is 0.0440. The first-order valence-corrected chi connectivity index (χ1v) is 7.10. The van der Waals surface area contributed by atoms with Crippen molar-refractivity contribution in [2.24, 2.45) is 0 Å². The third-order valence-electron chi connectivity index (χ3n) is 2.75. The molecule has 0 radical (unpaired) electrons. The molecule has 0 unspecified atom stereocenters. The van der Waals surface area contributed by atoms with Crippen LogP contribution in [0.4, 0.5) is 0 Å². The van der Waals surface area contributed by atoms with Gasteiger partial charge in [-0.3, -0.25) is 4.79 Å². The summed E-state index contributed by atoms with van der Waals surface area (Å²) >= 11 is 1.52. The highest BCUT2D eigenvalue weighted by Gasteiger charge is 2.02. The van der Waals surface area contributed by atoms with Gasteiger partial charge in [0.05, 0.1) is 12.0 Å². The van der Waals surface area contributed by atoms with Crippen molar-refractivity contribution in [3.8, 4) is 5.75 Å². The van der Waals surface area contributed by atoms with Crippen molar-refractivity contribution < 1.29 is 9.53 Å². The van der Waals surface area contributed by atoms with Crippen molar-refractivity contribution in [1.29, 1.82) is 0 Å². The number of aryl methyl sites for hydroxylation is 1. The third-order valence-corrected chi connectivity index (χ3v) is 3.76. The Morgan fingerprint density at radius 3 is 2.45 bits per heavy atom. The smallest absolute Gasteiger partial charge is 0.195 e. The van der Waals surface area contributed by atoms with Crippen LogP contribution in [0.15, 0.2) is 54.6 Å². The van der Waals surface area contributed by atoms with Gasteiger partial charge in [-0.25, -0.2) is 0 Å². The lowest BCUT2D eigenvalue weighted by atomic mass is 10.2. The highest BCUT2D eigenvalue weighted by Crippen LogP contribution is 2.16. The summed E-state index contributed by atoms with van der Waals surface area (Å²) in [6.07, 6.45) is 7.16. The molecule has 0 aliphatic heterocycles. The predicted molar refractivity (Wildman–Crippen MR) is 84.6 cm³/mol. The second kappa shape index (κ2) is 6.87. The standard InChI is InChI=1S/C17H16O2S/c1-13-7-12-17(20-13)16(18)6-4-3-5-14-8-10-15(19-2)11-9-14/h3-12H,1-2H3/b5-3+,6-4+. The molecule has 0 aliphatic rings. The number of carbonyl (C=O) groups excluding carboxylic acids is 1. The van der Waals surface area contributed by atoms with Crippen LogP contribution in [0.25, 0.3) is 6.08 Å². The molecule has 0 spiro atoms. The maximum atomic E-state index is 11.8. The van der Waals surface area contributed by atoms with Crippen LogP contribution < -0.4 is 4.74 Å². The third kappa shape index (κ3) is 3.93. The Bertz CT molecular complexity index is 633. The molecule has 1 aromatic carbocycles. The summed E-state index contributed by atoms with van der Waals surface area (Å²) in [6, 6.07) is 11.6. The zero-order valence-corrected chi connectivity index (χ0v) is 12.3. The van der Waals surface area contributed by atoms with E-state index in [1.165, 1.54) is 11.3 Å². The van der Waals surface area contributed by atoms with Crippen molar-refractivity contribution >= 4 is 23.2 Å². The monoisotopic (exact) mass is 284 g/mol. The highest BCUT2D eigenvalue weighted by molar-refractivity contribution is 7.14. The van der Waals surface area contributed by atoms with E-state index in [0.29, 0.717) is 0 Å². The molecule has 0 aliphatic carbocycles. The molecule has 20 heavy (non-hydrogen) atoms. The first kappa shape index (κ1) is 14.3. The average molecular weight is 284 g/mol. The summed E-state index contributed by atoms with van der Waals surface area (Å²) in [5, 5.41) is 0. The molecule has 0 amide bonds. The van der Waals surface area contributed by atoms with Gasteiger partial charge in [0.25, 0.3) is 0 Å². The lowest BCUT2D eigenvalue weighted by Crippen LogP contribution is -1.87. The molecule has 3 heteroatoms. The lowest BCUT2D eigenvalue weighted by molar-refractivity contribution is 0.105. The SMILES string of the molecule is COc1ccc(/C=C/C=C/C(=O)c2ccc(C)s2)cc1. The number of hydrogen-bond acceptors (Lipinski definition) is 3. The molecule has 1 heterocycles. The number of ether oxygens (including phenoxy) is 1. The molecule has 0 fully saturated rings. The van der Waals surface area contributed by atoms with Crippen molar-refractivity contribution in [3.63, 3.8) is 0 Å². The number of carbonyl (C=O) groups is 1. The Kier molecular flexibility index (Phi) is 4.91. The molecule has 2 nitrogen and oxygen atoms in total. The van der Waals surface area contributed by atoms with E-state index in [-0.39, 0.29) is 5.78 Å². The van der Waals surface area contributed by atoms with Gasteiger partial charge in [-0.2, -0.15) is 0 Å². The molecule has 0 saturated carbocycles. The molecule has 0 bridgehead atoms. The summed E-state index contributed by atoms with van der Waals surface area (Å²) in [5.74, 6) is 0.878. The maximum Gasteiger partial charge on any atom is 0.195 e. The molecule has 0 atom stereocenters. The maximum absolute atomic E-state index is 11.8. The molecular formula is C17H16O2S. The second-order valence-electron chi connectivity index (χ2n) is 4.27. The molecule has 1 aromatic heterocycles. The van der Waals surface area contributed by atoms with E-state index in [4.69, 9.17) is 4.74 Å². The number of hydrogen-bond donors (Lipinski definition) is 0. The quantitative estimate of drug-likeness (QED) is 0.458. The fourth-order valence-electron chi connectivity index (χ4n) is 1.67. The average Bonchev–Trinajstić information content (AvgIpc) is 2.91. The topological polar surface area (TPSA) is 26.3 Å². The minimum Gasteiger partial charge on any atom is -0.497 e. The van der Waals surface area contributed by atoms with Gasteiger partial charge in [-0.15, -0.1) is 11.3 Å². The number of methoxy groups -OCH3 is 1. The molecule has 0 saturated heterocycles. The molecule has 2 rings (SSSR count). The van der Waals surface area contributed by atoms with Crippen LogP contribution in [0.1, 0.15) is 20.1 Å². The van der Waals surface area contributed by atoms with E-state index < -0.39 is 0 Å². The Morgan fingerprint density at radius 2 is 1.85 bits per heavy atom. The van der Waals surface area contributed by atoms with E-state index >= 15 is 0 Å². The van der Waals surface area contributed by atoms with Gasteiger partial charge in [-0.1, -0.05) is 30.4 Å². The first-order valence-electron chi connectivity index (χ1n) is 6.28. The highest BCUT2D eigenvalue weighted by atomic mass is 32.1. The summed E-state index contributed by atoms with van der Waals surface area (Å²) in [6.45, 7) is 1.99. The van der Waals surface area contributed by atoms with Gasteiger partial charge in [0.1, 0.15) is 5.75 Å². The predicted octanol–water partition coefficient (Wildman–Crippen LogP) is 4.52. The zero-order chi connectivity index (χ0) is 14.4. The minimum atomic E-state index is 0.0440. The number of allylic oxidation sites excluding steroid dienone is 3. The van der Waals surface area contributed by atoms with E-state index in [1.807, 2.05) is 55.5 Å². The second-order valence-corrected chi connectivity index (χ2v) is 5.55. The number of rotatable bonds is 5. The van der Waals surface area contributed by atoms with Crippen molar-refractivity contribution in [1.82, 2.24) is 0 Å². The summed E-state index contributed by atoms with van der Waals surface area (Å²) in [7, 11) is 1.64. The Morgan fingerprint density at radius 1 is 1.10 bits per heavy atom. The van der Waals surface area contributed by atoms with Crippen molar-refractivity contribution in [2.45, 2.75) is 6.92 Å². The van der Waals surface area contributed by atoms with Crippen molar-refractivity contribution in [3.05, 3.63) is 69.9 Å². The van der Waals surface area contributed by atoms with E-state index in [0.717, 1.165) is 21.1 Å². The summed E-state index contributed by atoms with van der Waals surface area (Å²) < 4.78 is 5.10. The van der Waals surface area contributed by atoms with Gasteiger partial charge in [0.2, 0.25) is 0 Å². The van der Waals surface area contributed by atoms with Crippen molar-refractivity contribution in [2.75, 3.05) is 7.11 Å². The van der Waals surface area contributed by atoms with Gasteiger partial charge in [0, 0.05) is 4.88 Å². The van der Waals surface area contributed by atoms with Crippen LogP contribution in [0.2, 0.25) is 0 Å². The fourth-order valence-corrected chi connectivity index (χ4v) is 2.46. The van der Waals surface area contributed by atoms with Gasteiger partial charge in [0.15, 0.2) is 5.78 Å². The van der Waals surface area contributed by atoms with Crippen LogP contribution in [-0.4, -0.2) is 12.9 Å². The van der Waals surface area contributed by atoms with Crippen LogP contribution in [-0.2, 0) is 0 Å². The first-order chi connectivity index (χ1) is 9.69. The van der Waals surface area contributed by atoms with E-state index in [2.05, 4.69) is 0 Å². The Hall–Kier alpha value is -2.13. The van der Waals surface area contributed by atoms with Gasteiger partial charge >= 0.3 is 0 Å². The number of ketones is 1. The van der Waals surface area contributed by atoms with Crippen LogP contribution >= 0.6 is 11.3 Å². The number of thiophene rings is 1. The molecule has 2 aromatic rings. The fraction of sp³-hybridized carbons (Fsp3) is 0.118. The van der Waals surface area contributed by atoms with Crippen LogP contribution in [0, 0.1) is 6.92 Å². The Labute approximate surface area is 123 Å². The normalized spacial score (nSPS) is 11.3. The Balaban J connectivity index is 1.94. The van der Waals surface area contributed by atoms with Crippen LogP contribution in [0.5, 0.6) is 5.75 Å². The molecule has 102 valence electrons. The van der Waals surface area contributed by atoms with Gasteiger partial charge < -0.3 is 4.74 Å². The largest absolute Gasteiger partial charge is 0.497 e. The van der Waals surface area contributed by atoms with E-state index in [1.54, 1.807) is 19.3 Å². The summed E-state index contributed by atoms with van der Waals surface area (Å²) in [4.78, 5) is 13.7. The summed E-state index contributed by atoms with van der Waals surface area (Å²) in [5.41, 5.74) is 1.06. The zero-order valence-electron chi connectivity index (χ0n) is 11.5. The lowest BCUT2D eigenvalue weighted by Gasteiger charge is -1.98. The van der Waals surface area contributed by atoms with Crippen LogP contribution in [0.3, 0.4) is 0 Å². The van der Waals surface area contributed by atoms with Gasteiger partial charge in [-0.05, 0) is 42.8 Å².